The van der Waals surface area contributed by atoms with Crippen molar-refractivity contribution < 1.29 is 9.90 Å². The molecule has 0 aliphatic carbocycles. The van der Waals surface area contributed by atoms with E-state index in [9.17, 15) is 4.79 Å². The molecular formula is C10H12N4O2. The molecule has 16 heavy (non-hydrogen) atoms. The van der Waals surface area contributed by atoms with Crippen molar-refractivity contribution in [2.75, 3.05) is 0 Å². The number of carboxylic acid groups (broad SMARTS) is 1. The van der Waals surface area contributed by atoms with Crippen molar-refractivity contribution in [3.63, 3.8) is 0 Å². The number of aromatic carboxylic acids is 1. The number of hydrogen-bond donors (Lipinski definition) is 1. The number of hydrogen-bond acceptors (Lipinski definition) is 3. The van der Waals surface area contributed by atoms with Gasteiger partial charge in [-0.2, -0.15) is 0 Å². The molecule has 0 bridgehead atoms. The summed E-state index contributed by atoms with van der Waals surface area (Å²) in [6, 6.07) is 3.27. The Balaban J connectivity index is 2.27. The van der Waals surface area contributed by atoms with Crippen molar-refractivity contribution in [1.82, 2.24) is 19.3 Å². The van der Waals surface area contributed by atoms with Gasteiger partial charge >= 0.3 is 5.97 Å². The van der Waals surface area contributed by atoms with Crippen LogP contribution in [0.25, 0.3) is 0 Å². The van der Waals surface area contributed by atoms with E-state index in [-0.39, 0.29) is 5.69 Å². The molecule has 0 radical (unpaired) electrons. The van der Waals surface area contributed by atoms with E-state index >= 15 is 0 Å². The molecule has 84 valence electrons. The van der Waals surface area contributed by atoms with Gasteiger partial charge in [0.2, 0.25) is 0 Å². The highest BCUT2D eigenvalue weighted by atomic mass is 16.4. The van der Waals surface area contributed by atoms with E-state index < -0.39 is 5.97 Å². The first kappa shape index (κ1) is 10.4. The summed E-state index contributed by atoms with van der Waals surface area (Å²) in [7, 11) is 0. The van der Waals surface area contributed by atoms with E-state index in [2.05, 4.69) is 10.2 Å². The van der Waals surface area contributed by atoms with Gasteiger partial charge in [-0.3, -0.25) is 0 Å². The molecule has 6 nitrogen and oxygen atoms in total. The third-order valence-electron chi connectivity index (χ3n) is 2.40. The fourth-order valence-corrected chi connectivity index (χ4v) is 1.56. The lowest BCUT2D eigenvalue weighted by Gasteiger charge is -2.06. The second-order valence-electron chi connectivity index (χ2n) is 3.36. The first-order chi connectivity index (χ1) is 7.72. The van der Waals surface area contributed by atoms with Gasteiger partial charge in [0.05, 0.1) is 6.54 Å². The van der Waals surface area contributed by atoms with Gasteiger partial charge in [-0.05, 0) is 19.1 Å². The Bertz CT molecular complexity index is 500. The Morgan fingerprint density at radius 2 is 2.31 bits per heavy atom. The second kappa shape index (κ2) is 4.18. The lowest BCUT2D eigenvalue weighted by molar-refractivity contribution is 0.0685. The predicted octanol–water partition coefficient (Wildman–Crippen LogP) is 0.846. The van der Waals surface area contributed by atoms with Crippen molar-refractivity contribution in [3.8, 4) is 0 Å². The molecule has 2 rings (SSSR count). The number of aryl methyl sites for hydroxylation is 1. The van der Waals surface area contributed by atoms with Gasteiger partial charge in [-0.15, -0.1) is 10.2 Å². The summed E-state index contributed by atoms with van der Waals surface area (Å²) in [6.45, 7) is 3.18. The van der Waals surface area contributed by atoms with Gasteiger partial charge in [0.15, 0.2) is 5.82 Å². The molecule has 2 aromatic rings. The number of aromatic nitrogens is 4. The van der Waals surface area contributed by atoms with Crippen LogP contribution in [0, 0.1) is 0 Å². The first-order valence-electron chi connectivity index (χ1n) is 4.97. The molecule has 2 aromatic heterocycles. The summed E-state index contributed by atoms with van der Waals surface area (Å²) in [4.78, 5) is 10.9. The number of carboxylic acids is 1. The van der Waals surface area contributed by atoms with Gasteiger partial charge in [0.1, 0.15) is 12.0 Å². The summed E-state index contributed by atoms with van der Waals surface area (Å²) < 4.78 is 3.52. The number of nitrogens with zero attached hydrogens (tertiary/aromatic N) is 4. The average molecular weight is 220 g/mol. The standard InChI is InChI=1S/C10H12N4O2/c1-2-13-7-11-12-9(13)6-14-5-3-4-8(14)10(15)16/h3-5,7H,2,6H2,1H3,(H,15,16). The summed E-state index contributed by atoms with van der Waals surface area (Å²) >= 11 is 0. The molecule has 0 aliphatic rings. The van der Waals surface area contributed by atoms with Crippen molar-refractivity contribution in [1.29, 1.82) is 0 Å². The summed E-state index contributed by atoms with van der Waals surface area (Å²) in [5.41, 5.74) is 0.255. The SMILES string of the molecule is CCn1cnnc1Cn1cccc1C(=O)O. The summed E-state index contributed by atoms with van der Waals surface area (Å²) in [6.07, 6.45) is 3.36. The van der Waals surface area contributed by atoms with Crippen LogP contribution in [0.1, 0.15) is 23.2 Å². The lowest BCUT2D eigenvalue weighted by Crippen LogP contribution is -2.12. The molecule has 0 atom stereocenters. The van der Waals surface area contributed by atoms with Gasteiger partial charge in [-0.25, -0.2) is 4.79 Å². The number of rotatable bonds is 4. The van der Waals surface area contributed by atoms with Crippen molar-refractivity contribution in [3.05, 3.63) is 36.2 Å². The quantitative estimate of drug-likeness (QED) is 0.828. The first-order valence-corrected chi connectivity index (χ1v) is 4.97. The average Bonchev–Trinajstić information content (AvgIpc) is 2.86. The molecule has 0 saturated heterocycles. The topological polar surface area (TPSA) is 72.9 Å². The molecule has 0 aliphatic heterocycles. The van der Waals surface area contributed by atoms with E-state index in [1.165, 1.54) is 0 Å². The Morgan fingerprint density at radius 1 is 1.50 bits per heavy atom. The van der Waals surface area contributed by atoms with Crippen LogP contribution < -0.4 is 0 Å². The van der Waals surface area contributed by atoms with Crippen LogP contribution in [-0.4, -0.2) is 30.4 Å². The molecule has 6 heteroatoms. The largest absolute Gasteiger partial charge is 0.477 e. The van der Waals surface area contributed by atoms with Gasteiger partial charge < -0.3 is 14.2 Å². The molecule has 0 fully saturated rings. The second-order valence-corrected chi connectivity index (χ2v) is 3.36. The van der Waals surface area contributed by atoms with Crippen LogP contribution in [0.5, 0.6) is 0 Å². The highest BCUT2D eigenvalue weighted by Crippen LogP contribution is 2.06. The van der Waals surface area contributed by atoms with Crippen molar-refractivity contribution >= 4 is 5.97 Å². The smallest absolute Gasteiger partial charge is 0.352 e. The van der Waals surface area contributed by atoms with E-state index in [1.807, 2.05) is 11.5 Å². The van der Waals surface area contributed by atoms with Crippen LogP contribution in [-0.2, 0) is 13.1 Å². The molecule has 0 aromatic carbocycles. The zero-order chi connectivity index (χ0) is 11.5. The van der Waals surface area contributed by atoms with Crippen LogP contribution in [0.4, 0.5) is 0 Å². The zero-order valence-corrected chi connectivity index (χ0v) is 8.87. The van der Waals surface area contributed by atoms with Gasteiger partial charge in [0, 0.05) is 12.7 Å². The highest BCUT2D eigenvalue weighted by molar-refractivity contribution is 5.85. The molecular weight excluding hydrogens is 208 g/mol. The minimum atomic E-state index is -0.937. The fraction of sp³-hybridized carbons (Fsp3) is 0.300. The number of carbonyl (C=O) groups is 1. The maximum atomic E-state index is 10.9. The van der Waals surface area contributed by atoms with Crippen molar-refractivity contribution in [2.24, 2.45) is 0 Å². The Morgan fingerprint density at radius 3 is 3.00 bits per heavy atom. The zero-order valence-electron chi connectivity index (χ0n) is 8.87. The molecule has 0 unspecified atom stereocenters. The van der Waals surface area contributed by atoms with Crippen molar-refractivity contribution in [2.45, 2.75) is 20.0 Å². The molecule has 0 saturated carbocycles. The van der Waals surface area contributed by atoms with Gasteiger partial charge in [-0.1, -0.05) is 0 Å². The van der Waals surface area contributed by atoms with Crippen LogP contribution in [0.3, 0.4) is 0 Å². The Hall–Kier alpha value is -2.11. The van der Waals surface area contributed by atoms with Crippen LogP contribution in [0.15, 0.2) is 24.7 Å². The normalized spacial score (nSPS) is 10.6. The highest BCUT2D eigenvalue weighted by Gasteiger charge is 2.11. The Labute approximate surface area is 92.2 Å². The van der Waals surface area contributed by atoms with Crippen LogP contribution in [0.2, 0.25) is 0 Å². The molecule has 1 N–H and O–H groups in total. The monoisotopic (exact) mass is 220 g/mol. The van der Waals surface area contributed by atoms with E-state index in [4.69, 9.17) is 5.11 Å². The fourth-order valence-electron chi connectivity index (χ4n) is 1.56. The predicted molar refractivity (Wildman–Crippen MR) is 56.2 cm³/mol. The molecule has 0 spiro atoms. The summed E-state index contributed by atoms with van der Waals surface area (Å²) in [5, 5.41) is 16.7. The maximum Gasteiger partial charge on any atom is 0.352 e. The van der Waals surface area contributed by atoms with Crippen LogP contribution >= 0.6 is 0 Å². The summed E-state index contributed by atoms with van der Waals surface area (Å²) in [5.74, 6) is -0.186. The molecule has 0 amide bonds. The third kappa shape index (κ3) is 1.81. The van der Waals surface area contributed by atoms with E-state index in [1.54, 1.807) is 29.2 Å². The third-order valence-corrected chi connectivity index (χ3v) is 2.40. The van der Waals surface area contributed by atoms with E-state index in [0.29, 0.717) is 6.54 Å². The molecule has 2 heterocycles. The maximum absolute atomic E-state index is 10.9. The van der Waals surface area contributed by atoms with Gasteiger partial charge in [0.25, 0.3) is 0 Å². The minimum absolute atomic E-state index is 0.255. The lowest BCUT2D eigenvalue weighted by atomic mass is 10.4. The van der Waals surface area contributed by atoms with E-state index in [0.717, 1.165) is 12.4 Å². The Kier molecular flexibility index (Phi) is 2.72. The minimum Gasteiger partial charge on any atom is -0.477 e.